The van der Waals surface area contributed by atoms with Crippen LogP contribution >= 0.6 is 11.8 Å². The molecule has 27 heavy (non-hydrogen) atoms. The first-order valence-electron chi connectivity index (χ1n) is 9.19. The van der Waals surface area contributed by atoms with Gasteiger partial charge in [-0.1, -0.05) is 25.1 Å². The molecule has 0 unspecified atom stereocenters. The molecule has 0 aliphatic carbocycles. The number of carbonyl (C=O) groups is 1. The van der Waals surface area contributed by atoms with Gasteiger partial charge in [-0.15, -0.1) is 10.2 Å². The van der Waals surface area contributed by atoms with E-state index in [9.17, 15) is 4.79 Å². The number of amides is 1. The molecule has 1 aromatic heterocycles. The highest BCUT2D eigenvalue weighted by molar-refractivity contribution is 7.99. The average Bonchev–Trinajstić information content (AvgIpc) is 3.06. The van der Waals surface area contributed by atoms with Crippen molar-refractivity contribution in [3.63, 3.8) is 0 Å². The van der Waals surface area contributed by atoms with Gasteiger partial charge < -0.3 is 14.8 Å². The summed E-state index contributed by atoms with van der Waals surface area (Å²) in [7, 11) is 1.64. The number of rotatable bonds is 12. The SMILES string of the molecule is CCCCOCCCNC(=O)CSc1nnc(C)n1-c1ccc(OC)cc1. The summed E-state index contributed by atoms with van der Waals surface area (Å²) in [4.78, 5) is 12.0. The molecule has 0 aliphatic heterocycles. The van der Waals surface area contributed by atoms with E-state index >= 15 is 0 Å². The molecule has 0 saturated carbocycles. The summed E-state index contributed by atoms with van der Waals surface area (Å²) in [5.41, 5.74) is 0.936. The molecule has 0 radical (unpaired) electrons. The zero-order valence-electron chi connectivity index (χ0n) is 16.2. The monoisotopic (exact) mass is 392 g/mol. The minimum atomic E-state index is -0.0181. The van der Waals surface area contributed by atoms with E-state index in [2.05, 4.69) is 22.4 Å². The second-order valence-electron chi connectivity index (χ2n) is 6.02. The van der Waals surface area contributed by atoms with E-state index in [1.165, 1.54) is 11.8 Å². The van der Waals surface area contributed by atoms with Gasteiger partial charge in [0.1, 0.15) is 11.6 Å². The van der Waals surface area contributed by atoms with E-state index in [0.717, 1.165) is 43.1 Å². The number of thioether (sulfide) groups is 1. The van der Waals surface area contributed by atoms with Crippen LogP contribution in [-0.2, 0) is 9.53 Å². The van der Waals surface area contributed by atoms with Crippen LogP contribution in [0, 0.1) is 6.92 Å². The van der Waals surface area contributed by atoms with Crippen LogP contribution in [0.2, 0.25) is 0 Å². The summed E-state index contributed by atoms with van der Waals surface area (Å²) >= 11 is 1.37. The third-order valence-electron chi connectivity index (χ3n) is 3.89. The van der Waals surface area contributed by atoms with Gasteiger partial charge in [0.15, 0.2) is 5.16 Å². The first kappa shape index (κ1) is 21.2. The van der Waals surface area contributed by atoms with Gasteiger partial charge in [0.2, 0.25) is 5.91 Å². The summed E-state index contributed by atoms with van der Waals surface area (Å²) in [6.45, 7) is 6.12. The number of hydrogen-bond donors (Lipinski definition) is 1. The molecule has 1 amide bonds. The summed E-state index contributed by atoms with van der Waals surface area (Å²) < 4.78 is 12.6. The topological polar surface area (TPSA) is 78.3 Å². The van der Waals surface area contributed by atoms with Crippen LogP contribution in [0.1, 0.15) is 32.0 Å². The van der Waals surface area contributed by atoms with E-state index in [0.29, 0.717) is 24.1 Å². The van der Waals surface area contributed by atoms with Gasteiger partial charge >= 0.3 is 0 Å². The zero-order chi connectivity index (χ0) is 19.5. The van der Waals surface area contributed by atoms with Crippen molar-refractivity contribution in [2.75, 3.05) is 32.6 Å². The highest BCUT2D eigenvalue weighted by atomic mass is 32.2. The highest BCUT2D eigenvalue weighted by Gasteiger charge is 2.13. The fourth-order valence-electron chi connectivity index (χ4n) is 2.40. The lowest BCUT2D eigenvalue weighted by molar-refractivity contribution is -0.118. The van der Waals surface area contributed by atoms with Crippen LogP contribution in [0.3, 0.4) is 0 Å². The van der Waals surface area contributed by atoms with Gasteiger partial charge in [0.05, 0.1) is 12.9 Å². The van der Waals surface area contributed by atoms with Crippen molar-refractivity contribution in [3.8, 4) is 11.4 Å². The molecule has 0 atom stereocenters. The quantitative estimate of drug-likeness (QED) is 0.442. The summed E-state index contributed by atoms with van der Waals surface area (Å²) in [6.07, 6.45) is 3.03. The number of hydrogen-bond acceptors (Lipinski definition) is 6. The lowest BCUT2D eigenvalue weighted by atomic mass is 10.3. The molecule has 0 spiro atoms. The number of unbranched alkanes of at least 4 members (excludes halogenated alkanes) is 1. The van der Waals surface area contributed by atoms with Crippen LogP contribution in [0.15, 0.2) is 29.4 Å². The Morgan fingerprint density at radius 3 is 2.63 bits per heavy atom. The van der Waals surface area contributed by atoms with Gasteiger partial charge in [0, 0.05) is 25.4 Å². The first-order chi connectivity index (χ1) is 13.2. The molecule has 1 aromatic carbocycles. The van der Waals surface area contributed by atoms with Crippen molar-refractivity contribution in [2.24, 2.45) is 0 Å². The van der Waals surface area contributed by atoms with Crippen molar-refractivity contribution in [2.45, 2.75) is 38.3 Å². The molecule has 7 nitrogen and oxygen atoms in total. The van der Waals surface area contributed by atoms with Crippen molar-refractivity contribution in [1.29, 1.82) is 0 Å². The largest absolute Gasteiger partial charge is 0.497 e. The van der Waals surface area contributed by atoms with E-state index in [1.54, 1.807) is 7.11 Å². The molecule has 0 bridgehead atoms. The number of nitrogens with one attached hydrogen (secondary N) is 1. The fourth-order valence-corrected chi connectivity index (χ4v) is 3.22. The maximum atomic E-state index is 12.0. The Bertz CT molecular complexity index is 703. The molecule has 2 aromatic rings. The number of methoxy groups -OCH3 is 1. The molecular formula is C19H28N4O3S. The molecular weight excluding hydrogens is 364 g/mol. The standard InChI is InChI=1S/C19H28N4O3S/c1-4-5-12-26-13-6-11-20-18(24)14-27-19-22-21-15(2)23(19)16-7-9-17(25-3)10-8-16/h7-10H,4-6,11-14H2,1-3H3,(H,20,24). The molecule has 8 heteroatoms. The zero-order valence-corrected chi connectivity index (χ0v) is 17.1. The van der Waals surface area contributed by atoms with Gasteiger partial charge in [-0.25, -0.2) is 0 Å². The minimum absolute atomic E-state index is 0.0181. The second kappa shape index (κ2) is 11.6. The Morgan fingerprint density at radius 1 is 1.19 bits per heavy atom. The van der Waals surface area contributed by atoms with Crippen molar-refractivity contribution in [1.82, 2.24) is 20.1 Å². The van der Waals surface area contributed by atoms with Crippen LogP contribution in [0.25, 0.3) is 5.69 Å². The van der Waals surface area contributed by atoms with Crippen molar-refractivity contribution < 1.29 is 14.3 Å². The Morgan fingerprint density at radius 2 is 1.93 bits per heavy atom. The number of benzene rings is 1. The van der Waals surface area contributed by atoms with Crippen molar-refractivity contribution in [3.05, 3.63) is 30.1 Å². The highest BCUT2D eigenvalue weighted by Crippen LogP contribution is 2.23. The normalized spacial score (nSPS) is 10.8. The number of aryl methyl sites for hydroxylation is 1. The maximum absolute atomic E-state index is 12.0. The fraction of sp³-hybridized carbons (Fsp3) is 0.526. The molecule has 0 saturated heterocycles. The van der Waals surface area contributed by atoms with Crippen LogP contribution in [-0.4, -0.2) is 53.3 Å². The first-order valence-corrected chi connectivity index (χ1v) is 10.2. The molecule has 1 N–H and O–H groups in total. The van der Waals surface area contributed by atoms with Crippen molar-refractivity contribution >= 4 is 17.7 Å². The molecule has 0 fully saturated rings. The summed E-state index contributed by atoms with van der Waals surface area (Å²) in [6, 6.07) is 7.66. The Balaban J connectivity index is 1.79. The third-order valence-corrected chi connectivity index (χ3v) is 4.82. The minimum Gasteiger partial charge on any atom is -0.497 e. The van der Waals surface area contributed by atoms with E-state index in [1.807, 2.05) is 35.8 Å². The Labute approximate surface area is 164 Å². The number of ether oxygens (including phenoxy) is 2. The Kier molecular flexibility index (Phi) is 9.13. The number of nitrogens with zero attached hydrogens (tertiary/aromatic N) is 3. The maximum Gasteiger partial charge on any atom is 0.230 e. The smallest absolute Gasteiger partial charge is 0.230 e. The van der Waals surface area contributed by atoms with Gasteiger partial charge in [-0.2, -0.15) is 0 Å². The van der Waals surface area contributed by atoms with E-state index in [4.69, 9.17) is 9.47 Å². The number of carbonyl (C=O) groups excluding carboxylic acids is 1. The molecule has 2 rings (SSSR count). The third kappa shape index (κ3) is 6.88. The predicted octanol–water partition coefficient (Wildman–Crippen LogP) is 3.00. The van der Waals surface area contributed by atoms with Gasteiger partial charge in [-0.3, -0.25) is 9.36 Å². The molecule has 1 heterocycles. The Hall–Kier alpha value is -2.06. The van der Waals surface area contributed by atoms with E-state index < -0.39 is 0 Å². The van der Waals surface area contributed by atoms with Gasteiger partial charge in [0.25, 0.3) is 0 Å². The van der Waals surface area contributed by atoms with Crippen LogP contribution in [0.4, 0.5) is 0 Å². The number of aromatic nitrogens is 3. The van der Waals surface area contributed by atoms with E-state index in [-0.39, 0.29) is 5.91 Å². The molecule has 0 aliphatic rings. The van der Waals surface area contributed by atoms with Crippen LogP contribution in [0.5, 0.6) is 5.75 Å². The average molecular weight is 393 g/mol. The lowest BCUT2D eigenvalue weighted by Gasteiger charge is -2.09. The molecule has 148 valence electrons. The van der Waals surface area contributed by atoms with Gasteiger partial charge in [-0.05, 0) is 44.0 Å². The summed E-state index contributed by atoms with van der Waals surface area (Å²) in [5.74, 6) is 1.84. The van der Waals surface area contributed by atoms with Crippen LogP contribution < -0.4 is 10.1 Å². The second-order valence-corrected chi connectivity index (χ2v) is 6.96. The predicted molar refractivity (Wildman–Crippen MR) is 107 cm³/mol. The lowest BCUT2D eigenvalue weighted by Crippen LogP contribution is -2.27. The summed E-state index contributed by atoms with van der Waals surface area (Å²) in [5, 5.41) is 11.9.